The van der Waals surface area contributed by atoms with Crippen molar-refractivity contribution in [2.75, 3.05) is 0 Å². The average molecular weight is 300 g/mol. The number of aromatic carboxylic acids is 1. The van der Waals surface area contributed by atoms with Gasteiger partial charge in [-0.2, -0.15) is 4.98 Å². The number of H-pyrrole nitrogens is 1. The second-order valence-electron chi connectivity index (χ2n) is 4.06. The van der Waals surface area contributed by atoms with E-state index < -0.39 is 16.0 Å². The number of sulfonamides is 1. The summed E-state index contributed by atoms with van der Waals surface area (Å²) in [5.74, 6) is -1.04. The van der Waals surface area contributed by atoms with Crippen molar-refractivity contribution in [3.05, 3.63) is 29.2 Å². The summed E-state index contributed by atoms with van der Waals surface area (Å²) in [5, 5.41) is 12.4. The van der Waals surface area contributed by atoms with E-state index in [1.807, 2.05) is 0 Å². The molecule has 108 valence electrons. The first-order valence-electron chi connectivity index (χ1n) is 5.50. The Balaban J connectivity index is 2.32. The molecule has 0 bridgehead atoms. The zero-order chi connectivity index (χ0) is 14.9. The maximum atomic E-state index is 12.2. The minimum absolute atomic E-state index is 0.0848. The molecule has 0 aliphatic rings. The molecule has 2 rings (SSSR count). The predicted octanol–water partition coefficient (Wildman–Crippen LogP) is 0.191. The number of aromatic amines is 1. The number of hydrogen-bond donors (Lipinski definition) is 3. The van der Waals surface area contributed by atoms with Crippen LogP contribution in [-0.4, -0.2) is 34.6 Å². The van der Waals surface area contributed by atoms with E-state index in [9.17, 15) is 13.2 Å². The molecule has 10 heteroatoms. The van der Waals surface area contributed by atoms with Crippen molar-refractivity contribution in [3.8, 4) is 0 Å². The Kier molecular flexibility index (Phi) is 3.59. The predicted molar refractivity (Wildman–Crippen MR) is 65.5 cm³/mol. The van der Waals surface area contributed by atoms with E-state index in [0.29, 0.717) is 0 Å². The molecule has 0 unspecified atom stereocenters. The third kappa shape index (κ3) is 2.56. The highest BCUT2D eigenvalue weighted by Crippen LogP contribution is 2.23. The van der Waals surface area contributed by atoms with Gasteiger partial charge < -0.3 is 14.6 Å². The molecule has 2 aromatic rings. The van der Waals surface area contributed by atoms with Gasteiger partial charge in [-0.05, 0) is 13.8 Å². The summed E-state index contributed by atoms with van der Waals surface area (Å²) in [4.78, 5) is 17.1. The highest BCUT2D eigenvalue weighted by Gasteiger charge is 2.26. The summed E-state index contributed by atoms with van der Waals surface area (Å²) in [7, 11) is -3.88. The first-order chi connectivity index (χ1) is 9.33. The average Bonchev–Trinajstić information content (AvgIpc) is 2.95. The van der Waals surface area contributed by atoms with Crippen LogP contribution >= 0.6 is 0 Å². The van der Waals surface area contributed by atoms with Crippen molar-refractivity contribution in [1.29, 1.82) is 0 Å². The van der Waals surface area contributed by atoms with Crippen molar-refractivity contribution in [1.82, 2.24) is 19.8 Å². The van der Waals surface area contributed by atoms with Crippen LogP contribution in [-0.2, 0) is 16.6 Å². The van der Waals surface area contributed by atoms with Gasteiger partial charge in [-0.3, -0.25) is 0 Å². The Morgan fingerprint density at radius 3 is 2.70 bits per heavy atom. The molecule has 3 N–H and O–H groups in total. The van der Waals surface area contributed by atoms with E-state index in [1.165, 1.54) is 13.8 Å². The quantitative estimate of drug-likeness (QED) is 0.716. The second kappa shape index (κ2) is 5.06. The Hall–Kier alpha value is -2.20. The smallest absolute Gasteiger partial charge is 0.352 e. The Bertz CT molecular complexity index is 732. The normalized spacial score (nSPS) is 11.7. The molecule has 0 fully saturated rings. The standard InChI is InChI=1S/C10H12N4O5S/c1-5-8(10(15)16)13-6(2)9(5)20(17,18)12-3-7-11-4-19-14-7/h4,12-13H,3H2,1-2H3,(H,15,16). The number of aryl methyl sites for hydroxylation is 1. The van der Waals surface area contributed by atoms with E-state index >= 15 is 0 Å². The third-order valence-corrected chi connectivity index (χ3v) is 4.35. The Morgan fingerprint density at radius 1 is 1.50 bits per heavy atom. The number of carboxylic acids is 1. The van der Waals surface area contributed by atoms with Crippen LogP contribution < -0.4 is 4.72 Å². The molecule has 0 saturated carbocycles. The zero-order valence-corrected chi connectivity index (χ0v) is 11.5. The summed E-state index contributed by atoms with van der Waals surface area (Å²) >= 11 is 0. The lowest BCUT2D eigenvalue weighted by Crippen LogP contribution is -2.24. The number of aromatic nitrogens is 3. The summed E-state index contributed by atoms with van der Waals surface area (Å²) in [6, 6.07) is 0. The van der Waals surface area contributed by atoms with E-state index in [4.69, 9.17) is 5.11 Å². The fourth-order valence-electron chi connectivity index (χ4n) is 1.85. The number of carbonyl (C=O) groups is 1. The second-order valence-corrected chi connectivity index (χ2v) is 5.76. The molecule has 0 amide bonds. The van der Waals surface area contributed by atoms with Crippen molar-refractivity contribution in [2.24, 2.45) is 0 Å². The maximum Gasteiger partial charge on any atom is 0.352 e. The van der Waals surface area contributed by atoms with Gasteiger partial charge in [-0.1, -0.05) is 5.16 Å². The molecule has 0 atom stereocenters. The zero-order valence-electron chi connectivity index (χ0n) is 10.7. The SMILES string of the molecule is Cc1[nH]c(C(=O)O)c(C)c1S(=O)(=O)NCc1ncon1. The van der Waals surface area contributed by atoms with Gasteiger partial charge in [0.25, 0.3) is 0 Å². The van der Waals surface area contributed by atoms with Gasteiger partial charge in [-0.25, -0.2) is 17.9 Å². The van der Waals surface area contributed by atoms with Crippen LogP contribution in [0.4, 0.5) is 0 Å². The van der Waals surface area contributed by atoms with Gasteiger partial charge in [0.2, 0.25) is 16.4 Å². The lowest BCUT2D eigenvalue weighted by atomic mass is 10.2. The van der Waals surface area contributed by atoms with Crippen molar-refractivity contribution in [2.45, 2.75) is 25.3 Å². The molecule has 0 aliphatic heterocycles. The van der Waals surface area contributed by atoms with Crippen LogP contribution in [0.5, 0.6) is 0 Å². The molecule has 0 radical (unpaired) electrons. The number of hydrogen-bond acceptors (Lipinski definition) is 6. The van der Waals surface area contributed by atoms with Gasteiger partial charge in [0.1, 0.15) is 10.6 Å². The fourth-order valence-corrected chi connectivity index (χ4v) is 3.27. The van der Waals surface area contributed by atoms with Crippen molar-refractivity contribution >= 4 is 16.0 Å². The third-order valence-electron chi connectivity index (χ3n) is 2.68. The lowest BCUT2D eigenvalue weighted by molar-refractivity contribution is 0.0690. The number of nitrogens with zero attached hydrogens (tertiary/aromatic N) is 2. The number of carboxylic acid groups (broad SMARTS) is 1. The summed E-state index contributed by atoms with van der Waals surface area (Å²) < 4.78 is 31.2. The van der Waals surface area contributed by atoms with E-state index in [1.54, 1.807) is 0 Å². The van der Waals surface area contributed by atoms with E-state index in [-0.39, 0.29) is 34.2 Å². The molecule has 2 aromatic heterocycles. The van der Waals surface area contributed by atoms with Crippen LogP contribution in [0.15, 0.2) is 15.8 Å². The lowest BCUT2D eigenvalue weighted by Gasteiger charge is -2.05. The Labute approximate surface area is 114 Å². The van der Waals surface area contributed by atoms with Crippen LogP contribution in [0.1, 0.15) is 27.6 Å². The van der Waals surface area contributed by atoms with Gasteiger partial charge in [0.05, 0.1) is 6.54 Å². The molecular weight excluding hydrogens is 288 g/mol. The first kappa shape index (κ1) is 14.2. The van der Waals surface area contributed by atoms with Gasteiger partial charge >= 0.3 is 5.97 Å². The summed E-state index contributed by atoms with van der Waals surface area (Å²) in [5.41, 5.74) is 0.249. The van der Waals surface area contributed by atoms with E-state index in [2.05, 4.69) is 24.4 Å². The van der Waals surface area contributed by atoms with Crippen LogP contribution in [0.2, 0.25) is 0 Å². The molecular formula is C10H12N4O5S. The van der Waals surface area contributed by atoms with Gasteiger partial charge in [-0.15, -0.1) is 0 Å². The molecule has 0 aromatic carbocycles. The highest BCUT2D eigenvalue weighted by atomic mass is 32.2. The van der Waals surface area contributed by atoms with Gasteiger partial charge in [0, 0.05) is 11.3 Å². The van der Waals surface area contributed by atoms with Gasteiger partial charge in [0.15, 0.2) is 5.82 Å². The molecule has 0 spiro atoms. The van der Waals surface area contributed by atoms with Crippen LogP contribution in [0.3, 0.4) is 0 Å². The first-order valence-corrected chi connectivity index (χ1v) is 6.98. The van der Waals surface area contributed by atoms with Crippen LogP contribution in [0.25, 0.3) is 0 Å². The molecule has 20 heavy (non-hydrogen) atoms. The topological polar surface area (TPSA) is 138 Å². The molecule has 2 heterocycles. The maximum absolute atomic E-state index is 12.2. The molecule has 0 saturated heterocycles. The minimum Gasteiger partial charge on any atom is -0.477 e. The highest BCUT2D eigenvalue weighted by molar-refractivity contribution is 7.89. The summed E-state index contributed by atoms with van der Waals surface area (Å²) in [6.07, 6.45) is 1.08. The minimum atomic E-state index is -3.88. The largest absolute Gasteiger partial charge is 0.477 e. The molecule has 9 nitrogen and oxygen atoms in total. The molecule has 0 aliphatic carbocycles. The number of rotatable bonds is 5. The Morgan fingerprint density at radius 2 is 2.20 bits per heavy atom. The van der Waals surface area contributed by atoms with Crippen molar-refractivity contribution in [3.63, 3.8) is 0 Å². The fraction of sp³-hybridized carbons (Fsp3) is 0.300. The van der Waals surface area contributed by atoms with Crippen molar-refractivity contribution < 1.29 is 22.8 Å². The van der Waals surface area contributed by atoms with Crippen LogP contribution in [0, 0.1) is 13.8 Å². The number of nitrogens with one attached hydrogen (secondary N) is 2. The summed E-state index contributed by atoms with van der Waals surface area (Å²) in [6.45, 7) is 2.77. The van der Waals surface area contributed by atoms with E-state index in [0.717, 1.165) is 6.39 Å². The monoisotopic (exact) mass is 300 g/mol.